The standard InChI is InChI=1S/C13H16N4/c1-9-6-11(14)13(16-7-9)17-8-12-10(2)4-3-5-15-12/h3-7H,8,14H2,1-2H3,(H,16,17). The molecule has 0 spiro atoms. The summed E-state index contributed by atoms with van der Waals surface area (Å²) in [4.78, 5) is 8.57. The number of hydrogen-bond acceptors (Lipinski definition) is 4. The lowest BCUT2D eigenvalue weighted by Crippen LogP contribution is -2.07. The number of pyridine rings is 2. The van der Waals surface area contributed by atoms with E-state index in [1.807, 2.05) is 32.0 Å². The van der Waals surface area contributed by atoms with E-state index in [0.717, 1.165) is 16.8 Å². The van der Waals surface area contributed by atoms with E-state index in [9.17, 15) is 0 Å². The van der Waals surface area contributed by atoms with Gasteiger partial charge in [0.15, 0.2) is 0 Å². The van der Waals surface area contributed by atoms with E-state index in [4.69, 9.17) is 5.73 Å². The zero-order chi connectivity index (χ0) is 12.3. The molecule has 2 heterocycles. The Kier molecular flexibility index (Phi) is 3.23. The number of nitrogens with zero attached hydrogens (tertiary/aromatic N) is 2. The Bertz CT molecular complexity index is 523. The summed E-state index contributed by atoms with van der Waals surface area (Å²) >= 11 is 0. The Balaban J connectivity index is 2.10. The molecule has 17 heavy (non-hydrogen) atoms. The van der Waals surface area contributed by atoms with Gasteiger partial charge in [0.2, 0.25) is 0 Å². The van der Waals surface area contributed by atoms with Crippen LogP contribution in [0.4, 0.5) is 11.5 Å². The first-order chi connectivity index (χ1) is 8.16. The van der Waals surface area contributed by atoms with Gasteiger partial charge in [-0.1, -0.05) is 6.07 Å². The first-order valence-electron chi connectivity index (χ1n) is 5.53. The fourth-order valence-electron chi connectivity index (χ4n) is 1.61. The molecule has 2 aromatic heterocycles. The molecule has 0 saturated carbocycles. The van der Waals surface area contributed by atoms with Gasteiger partial charge in [-0.05, 0) is 37.1 Å². The van der Waals surface area contributed by atoms with Crippen LogP contribution in [0.25, 0.3) is 0 Å². The van der Waals surface area contributed by atoms with Crippen LogP contribution in [0.2, 0.25) is 0 Å². The third-order valence-electron chi connectivity index (χ3n) is 2.60. The zero-order valence-electron chi connectivity index (χ0n) is 10.1. The average Bonchev–Trinajstić information content (AvgIpc) is 2.30. The molecular weight excluding hydrogens is 212 g/mol. The van der Waals surface area contributed by atoms with E-state index in [0.29, 0.717) is 18.1 Å². The van der Waals surface area contributed by atoms with E-state index in [1.165, 1.54) is 0 Å². The minimum atomic E-state index is 0.632. The van der Waals surface area contributed by atoms with Crippen LogP contribution >= 0.6 is 0 Å². The van der Waals surface area contributed by atoms with Crippen LogP contribution in [0.3, 0.4) is 0 Å². The fraction of sp³-hybridized carbons (Fsp3) is 0.231. The molecule has 0 aromatic carbocycles. The lowest BCUT2D eigenvalue weighted by Gasteiger charge is -2.09. The van der Waals surface area contributed by atoms with E-state index < -0.39 is 0 Å². The molecule has 2 aromatic rings. The highest BCUT2D eigenvalue weighted by molar-refractivity contribution is 5.61. The van der Waals surface area contributed by atoms with Gasteiger partial charge in [-0.25, -0.2) is 4.98 Å². The number of anilines is 2. The number of aryl methyl sites for hydroxylation is 2. The normalized spacial score (nSPS) is 10.2. The van der Waals surface area contributed by atoms with Crippen LogP contribution in [-0.4, -0.2) is 9.97 Å². The number of rotatable bonds is 3. The molecule has 0 radical (unpaired) electrons. The second-order valence-corrected chi connectivity index (χ2v) is 4.07. The number of nitrogens with one attached hydrogen (secondary N) is 1. The molecule has 0 aliphatic carbocycles. The van der Waals surface area contributed by atoms with Crippen molar-refractivity contribution in [1.82, 2.24) is 9.97 Å². The van der Waals surface area contributed by atoms with Gasteiger partial charge in [0.1, 0.15) is 5.82 Å². The first-order valence-corrected chi connectivity index (χ1v) is 5.53. The quantitative estimate of drug-likeness (QED) is 0.846. The van der Waals surface area contributed by atoms with Gasteiger partial charge >= 0.3 is 0 Å². The molecule has 0 saturated heterocycles. The average molecular weight is 228 g/mol. The lowest BCUT2D eigenvalue weighted by atomic mass is 10.2. The molecule has 88 valence electrons. The van der Waals surface area contributed by atoms with Crippen molar-refractivity contribution in [3.63, 3.8) is 0 Å². The summed E-state index contributed by atoms with van der Waals surface area (Å²) in [6.45, 7) is 4.64. The Morgan fingerprint density at radius 3 is 2.82 bits per heavy atom. The maximum absolute atomic E-state index is 5.88. The molecule has 0 amide bonds. The third-order valence-corrected chi connectivity index (χ3v) is 2.60. The number of aromatic nitrogens is 2. The predicted molar refractivity (Wildman–Crippen MR) is 69.7 cm³/mol. The highest BCUT2D eigenvalue weighted by Crippen LogP contribution is 2.16. The van der Waals surface area contributed by atoms with Crippen molar-refractivity contribution in [2.75, 3.05) is 11.1 Å². The van der Waals surface area contributed by atoms with Crippen molar-refractivity contribution in [2.45, 2.75) is 20.4 Å². The highest BCUT2D eigenvalue weighted by Gasteiger charge is 2.02. The van der Waals surface area contributed by atoms with E-state index in [2.05, 4.69) is 15.3 Å². The van der Waals surface area contributed by atoms with Crippen molar-refractivity contribution < 1.29 is 0 Å². The van der Waals surface area contributed by atoms with Crippen LogP contribution < -0.4 is 11.1 Å². The summed E-state index contributed by atoms with van der Waals surface area (Å²) in [5.41, 5.74) is 9.77. The van der Waals surface area contributed by atoms with E-state index >= 15 is 0 Å². The molecule has 0 aliphatic heterocycles. The summed E-state index contributed by atoms with van der Waals surface area (Å²) in [5.74, 6) is 0.709. The minimum Gasteiger partial charge on any atom is -0.396 e. The molecule has 4 heteroatoms. The van der Waals surface area contributed by atoms with Gasteiger partial charge < -0.3 is 11.1 Å². The van der Waals surface area contributed by atoms with Crippen LogP contribution in [0.15, 0.2) is 30.6 Å². The number of nitrogens with two attached hydrogens (primary N) is 1. The second-order valence-electron chi connectivity index (χ2n) is 4.07. The third kappa shape index (κ3) is 2.72. The molecular formula is C13H16N4. The minimum absolute atomic E-state index is 0.632. The SMILES string of the molecule is Cc1cnc(NCc2ncccc2C)c(N)c1. The molecule has 2 rings (SSSR count). The Morgan fingerprint density at radius 1 is 1.29 bits per heavy atom. The largest absolute Gasteiger partial charge is 0.396 e. The summed E-state index contributed by atoms with van der Waals surface area (Å²) in [6.07, 6.45) is 3.58. The van der Waals surface area contributed by atoms with Crippen molar-refractivity contribution in [2.24, 2.45) is 0 Å². The van der Waals surface area contributed by atoms with E-state index in [1.54, 1.807) is 12.4 Å². The molecule has 0 unspecified atom stereocenters. The summed E-state index contributed by atoms with van der Waals surface area (Å²) < 4.78 is 0. The molecule has 3 N–H and O–H groups in total. The lowest BCUT2D eigenvalue weighted by molar-refractivity contribution is 1.01. The molecule has 0 aliphatic rings. The van der Waals surface area contributed by atoms with Crippen molar-refractivity contribution >= 4 is 11.5 Å². The van der Waals surface area contributed by atoms with Crippen LogP contribution in [0.1, 0.15) is 16.8 Å². The smallest absolute Gasteiger partial charge is 0.149 e. The number of hydrogen-bond donors (Lipinski definition) is 2. The zero-order valence-corrected chi connectivity index (χ0v) is 10.1. The van der Waals surface area contributed by atoms with Crippen molar-refractivity contribution in [1.29, 1.82) is 0 Å². The maximum Gasteiger partial charge on any atom is 0.149 e. The van der Waals surface area contributed by atoms with Crippen LogP contribution in [0, 0.1) is 13.8 Å². The van der Waals surface area contributed by atoms with Crippen molar-refractivity contribution in [3.8, 4) is 0 Å². The Hall–Kier alpha value is -2.10. The topological polar surface area (TPSA) is 63.8 Å². The predicted octanol–water partition coefficient (Wildman–Crippen LogP) is 2.29. The number of nitrogen functional groups attached to an aromatic ring is 1. The summed E-state index contributed by atoms with van der Waals surface area (Å²) in [7, 11) is 0. The van der Waals surface area contributed by atoms with Gasteiger partial charge in [-0.15, -0.1) is 0 Å². The monoisotopic (exact) mass is 228 g/mol. The molecule has 4 nitrogen and oxygen atoms in total. The van der Waals surface area contributed by atoms with Gasteiger partial charge in [-0.2, -0.15) is 0 Å². The summed E-state index contributed by atoms with van der Waals surface area (Å²) in [6, 6.07) is 5.87. The van der Waals surface area contributed by atoms with Gasteiger partial charge in [0, 0.05) is 12.4 Å². The van der Waals surface area contributed by atoms with Crippen LogP contribution in [-0.2, 0) is 6.54 Å². The fourth-order valence-corrected chi connectivity index (χ4v) is 1.61. The Labute approximate surface area is 101 Å². The highest BCUT2D eigenvalue weighted by atomic mass is 15.0. The Morgan fingerprint density at radius 2 is 2.12 bits per heavy atom. The van der Waals surface area contributed by atoms with Gasteiger partial charge in [0.25, 0.3) is 0 Å². The van der Waals surface area contributed by atoms with Crippen molar-refractivity contribution in [3.05, 3.63) is 47.4 Å². The van der Waals surface area contributed by atoms with Crippen LogP contribution in [0.5, 0.6) is 0 Å². The first kappa shape index (κ1) is 11.4. The molecule has 0 atom stereocenters. The second kappa shape index (κ2) is 4.82. The van der Waals surface area contributed by atoms with Gasteiger partial charge in [-0.3, -0.25) is 4.98 Å². The van der Waals surface area contributed by atoms with Gasteiger partial charge in [0.05, 0.1) is 17.9 Å². The maximum atomic E-state index is 5.88. The van der Waals surface area contributed by atoms with E-state index in [-0.39, 0.29) is 0 Å². The molecule has 0 fully saturated rings. The molecule has 0 bridgehead atoms. The summed E-state index contributed by atoms with van der Waals surface area (Å²) in [5, 5.41) is 3.20.